The van der Waals surface area contributed by atoms with Crippen LogP contribution in [0, 0.1) is 19.3 Å². The van der Waals surface area contributed by atoms with Gasteiger partial charge in [0.15, 0.2) is 0 Å². The highest BCUT2D eigenvalue weighted by atomic mass is 19.4. The van der Waals surface area contributed by atoms with E-state index in [-0.39, 0.29) is 16.9 Å². The van der Waals surface area contributed by atoms with E-state index in [1.165, 1.54) is 13.0 Å². The number of alkyl halides is 3. The van der Waals surface area contributed by atoms with Crippen LogP contribution in [0.1, 0.15) is 41.9 Å². The molecule has 0 unspecified atom stereocenters. The number of anilines is 2. The molecular formula is C24H25F3N6O. The molecule has 0 saturated carbocycles. The van der Waals surface area contributed by atoms with E-state index in [1.54, 1.807) is 19.2 Å². The first-order valence-electron chi connectivity index (χ1n) is 11.1. The van der Waals surface area contributed by atoms with Crippen LogP contribution >= 0.6 is 0 Å². The SMILES string of the molecule is Cc1nc(N[C@H](C)c2cccc(C(F)(F)F)c2C)c2cc(N3CC4(CNC(=O)C4)C3)ncc2n1. The van der Waals surface area contributed by atoms with Gasteiger partial charge in [-0.15, -0.1) is 0 Å². The van der Waals surface area contributed by atoms with E-state index in [0.717, 1.165) is 30.4 Å². The monoisotopic (exact) mass is 470 g/mol. The first kappa shape index (κ1) is 22.4. The van der Waals surface area contributed by atoms with Crippen molar-refractivity contribution in [2.45, 2.75) is 39.4 Å². The Bertz CT molecular complexity index is 1290. The number of amides is 1. The van der Waals surface area contributed by atoms with Gasteiger partial charge in [-0.3, -0.25) is 4.79 Å². The fraction of sp³-hybridized carbons (Fsp3) is 0.417. The predicted molar refractivity (Wildman–Crippen MR) is 123 cm³/mol. The molecule has 10 heteroatoms. The average molecular weight is 470 g/mol. The molecule has 1 aromatic carbocycles. The zero-order valence-corrected chi connectivity index (χ0v) is 19.1. The predicted octanol–water partition coefficient (Wildman–Crippen LogP) is 4.16. The lowest BCUT2D eigenvalue weighted by Gasteiger charge is -2.47. The minimum Gasteiger partial charge on any atom is -0.363 e. The molecule has 5 rings (SSSR count). The lowest BCUT2D eigenvalue weighted by molar-refractivity contribution is -0.138. The number of fused-ring (bicyclic) bond motifs is 1. The number of carbonyl (C=O) groups is 1. The van der Waals surface area contributed by atoms with Crippen molar-refractivity contribution < 1.29 is 18.0 Å². The van der Waals surface area contributed by atoms with Crippen LogP contribution in [0.25, 0.3) is 10.9 Å². The first-order valence-corrected chi connectivity index (χ1v) is 11.1. The van der Waals surface area contributed by atoms with E-state index in [4.69, 9.17) is 0 Å². The van der Waals surface area contributed by atoms with Crippen LogP contribution in [0.15, 0.2) is 30.5 Å². The Hall–Kier alpha value is -3.43. The molecule has 7 nitrogen and oxygen atoms in total. The van der Waals surface area contributed by atoms with Crippen molar-refractivity contribution in [1.29, 1.82) is 0 Å². The Morgan fingerprint density at radius 3 is 2.65 bits per heavy atom. The van der Waals surface area contributed by atoms with E-state index in [0.29, 0.717) is 35.7 Å². The summed E-state index contributed by atoms with van der Waals surface area (Å²) in [6, 6.07) is 5.71. The van der Waals surface area contributed by atoms with Gasteiger partial charge in [0.2, 0.25) is 5.91 Å². The van der Waals surface area contributed by atoms with Crippen molar-refractivity contribution in [2.24, 2.45) is 5.41 Å². The first-order chi connectivity index (χ1) is 16.0. The number of benzene rings is 1. The van der Waals surface area contributed by atoms with Crippen molar-refractivity contribution in [2.75, 3.05) is 29.9 Å². The molecule has 2 fully saturated rings. The molecule has 1 atom stereocenters. The fourth-order valence-corrected chi connectivity index (χ4v) is 5.03. The van der Waals surface area contributed by atoms with Crippen LogP contribution in [0.3, 0.4) is 0 Å². The highest BCUT2D eigenvalue weighted by Crippen LogP contribution is 2.40. The van der Waals surface area contributed by atoms with Gasteiger partial charge in [-0.2, -0.15) is 13.2 Å². The quantitative estimate of drug-likeness (QED) is 0.596. The van der Waals surface area contributed by atoms with Crippen LogP contribution in [0.4, 0.5) is 24.8 Å². The van der Waals surface area contributed by atoms with E-state index in [9.17, 15) is 18.0 Å². The molecule has 3 aromatic rings. The summed E-state index contributed by atoms with van der Waals surface area (Å²) in [6.07, 6.45) is -2.19. The van der Waals surface area contributed by atoms with Crippen molar-refractivity contribution in [3.05, 3.63) is 53.0 Å². The van der Waals surface area contributed by atoms with Crippen molar-refractivity contribution in [1.82, 2.24) is 20.3 Å². The van der Waals surface area contributed by atoms with Crippen LogP contribution < -0.4 is 15.5 Å². The third-order valence-electron chi connectivity index (χ3n) is 6.75. The number of nitrogens with zero attached hydrogens (tertiary/aromatic N) is 4. The van der Waals surface area contributed by atoms with Gasteiger partial charge in [0.25, 0.3) is 0 Å². The molecular weight excluding hydrogens is 445 g/mol. The molecule has 2 aromatic heterocycles. The Morgan fingerprint density at radius 1 is 1.21 bits per heavy atom. The number of hydrogen-bond donors (Lipinski definition) is 2. The molecule has 0 aliphatic carbocycles. The highest BCUT2D eigenvalue weighted by Gasteiger charge is 2.48. The number of rotatable bonds is 4. The summed E-state index contributed by atoms with van der Waals surface area (Å²) in [5, 5.41) is 6.94. The number of aromatic nitrogens is 3. The summed E-state index contributed by atoms with van der Waals surface area (Å²) in [5.41, 5.74) is 0.725. The fourth-order valence-electron chi connectivity index (χ4n) is 5.03. The second kappa shape index (κ2) is 7.82. The number of aryl methyl sites for hydroxylation is 1. The second-order valence-electron chi connectivity index (χ2n) is 9.37. The Labute approximate surface area is 194 Å². The standard InChI is InChI=1S/C24H25F3N6O/c1-13-16(5-4-6-18(13)24(25,26)27)14(2)30-22-17-7-20(28-9-19(17)31-15(3)32-22)33-11-23(12-33)8-21(34)29-10-23/h4-7,9,14H,8,10-12H2,1-3H3,(H,29,34)(H,30,31,32)/t14-/m1/s1. The lowest BCUT2D eigenvalue weighted by atomic mass is 9.79. The van der Waals surface area contributed by atoms with Gasteiger partial charge in [-0.1, -0.05) is 12.1 Å². The molecule has 4 heterocycles. The third kappa shape index (κ3) is 3.91. The van der Waals surface area contributed by atoms with Crippen molar-refractivity contribution >= 4 is 28.4 Å². The molecule has 0 bridgehead atoms. The van der Waals surface area contributed by atoms with E-state index < -0.39 is 17.8 Å². The van der Waals surface area contributed by atoms with Gasteiger partial charge in [-0.25, -0.2) is 15.0 Å². The summed E-state index contributed by atoms with van der Waals surface area (Å²) in [7, 11) is 0. The minimum atomic E-state index is -4.41. The van der Waals surface area contributed by atoms with Crippen LogP contribution in [0.2, 0.25) is 0 Å². The largest absolute Gasteiger partial charge is 0.416 e. The van der Waals surface area contributed by atoms with Crippen LogP contribution in [0.5, 0.6) is 0 Å². The summed E-state index contributed by atoms with van der Waals surface area (Å²) in [4.78, 5) is 27.3. The molecule has 2 aliphatic rings. The van der Waals surface area contributed by atoms with Crippen molar-refractivity contribution in [3.63, 3.8) is 0 Å². The molecule has 2 aliphatic heterocycles. The Balaban J connectivity index is 1.44. The normalized spacial score (nSPS) is 18.2. The van der Waals surface area contributed by atoms with E-state index in [2.05, 4.69) is 30.5 Å². The van der Waals surface area contributed by atoms with E-state index >= 15 is 0 Å². The minimum absolute atomic E-state index is 0.0336. The second-order valence-corrected chi connectivity index (χ2v) is 9.37. The number of carbonyl (C=O) groups excluding carboxylic acids is 1. The van der Waals surface area contributed by atoms with Gasteiger partial charge in [-0.05, 0) is 44.0 Å². The van der Waals surface area contributed by atoms with Gasteiger partial charge in [0.05, 0.1) is 23.3 Å². The highest BCUT2D eigenvalue weighted by molar-refractivity contribution is 5.91. The topological polar surface area (TPSA) is 83.0 Å². The van der Waals surface area contributed by atoms with Gasteiger partial charge in [0, 0.05) is 36.9 Å². The molecule has 1 spiro atoms. The summed E-state index contributed by atoms with van der Waals surface area (Å²) in [6.45, 7) is 7.22. The average Bonchev–Trinajstić information content (AvgIpc) is 3.14. The van der Waals surface area contributed by atoms with Gasteiger partial charge in [0.1, 0.15) is 17.5 Å². The molecule has 34 heavy (non-hydrogen) atoms. The van der Waals surface area contributed by atoms with Crippen LogP contribution in [-0.2, 0) is 11.0 Å². The smallest absolute Gasteiger partial charge is 0.363 e. The van der Waals surface area contributed by atoms with Gasteiger partial charge < -0.3 is 15.5 Å². The molecule has 2 N–H and O–H groups in total. The number of nitrogens with one attached hydrogen (secondary N) is 2. The Morgan fingerprint density at radius 2 is 1.97 bits per heavy atom. The molecule has 1 amide bonds. The zero-order valence-electron chi connectivity index (χ0n) is 19.1. The van der Waals surface area contributed by atoms with Crippen LogP contribution in [-0.4, -0.2) is 40.5 Å². The molecule has 178 valence electrons. The summed E-state index contributed by atoms with van der Waals surface area (Å²) < 4.78 is 40.2. The summed E-state index contributed by atoms with van der Waals surface area (Å²) >= 11 is 0. The third-order valence-corrected chi connectivity index (χ3v) is 6.75. The number of pyridine rings is 1. The number of hydrogen-bond acceptors (Lipinski definition) is 6. The van der Waals surface area contributed by atoms with Gasteiger partial charge >= 0.3 is 6.18 Å². The maximum Gasteiger partial charge on any atom is 0.416 e. The van der Waals surface area contributed by atoms with Crippen molar-refractivity contribution in [3.8, 4) is 0 Å². The molecule has 2 saturated heterocycles. The Kier molecular flexibility index (Phi) is 5.14. The lowest BCUT2D eigenvalue weighted by Crippen LogP contribution is -2.57. The van der Waals surface area contributed by atoms with E-state index in [1.807, 2.05) is 13.0 Å². The maximum absolute atomic E-state index is 13.4. The zero-order chi connectivity index (χ0) is 24.3. The maximum atomic E-state index is 13.4. The summed E-state index contributed by atoms with van der Waals surface area (Å²) in [5.74, 6) is 1.93. The molecule has 0 radical (unpaired) electrons. The number of halogens is 3.